The van der Waals surface area contributed by atoms with Gasteiger partial charge in [-0.05, 0) is 50.5 Å². The van der Waals surface area contributed by atoms with Crippen molar-refractivity contribution in [3.8, 4) is 0 Å². The lowest BCUT2D eigenvalue weighted by Crippen LogP contribution is -2.42. The quantitative estimate of drug-likeness (QED) is 0.590. The molecule has 0 saturated carbocycles. The molecule has 0 bridgehead atoms. The second-order valence-corrected chi connectivity index (χ2v) is 7.25. The van der Waals surface area contributed by atoms with Gasteiger partial charge in [-0.15, -0.1) is 0 Å². The zero-order chi connectivity index (χ0) is 21.2. The van der Waals surface area contributed by atoms with E-state index in [0.29, 0.717) is 17.7 Å². The van der Waals surface area contributed by atoms with E-state index in [1.807, 2.05) is 19.2 Å². The van der Waals surface area contributed by atoms with E-state index in [4.69, 9.17) is 13.9 Å². The SMILES string of the molecule is CCOC(=O)c1ccoc1COC(=O)C(CCSC)NC(=O)c1cccc(C)c1. The molecular weight excluding hydrogens is 394 g/mol. The lowest BCUT2D eigenvalue weighted by Gasteiger charge is -2.17. The molecule has 2 aromatic rings. The van der Waals surface area contributed by atoms with Crippen LogP contribution in [0, 0.1) is 6.92 Å². The topological polar surface area (TPSA) is 94.8 Å². The summed E-state index contributed by atoms with van der Waals surface area (Å²) in [6.45, 7) is 3.59. The summed E-state index contributed by atoms with van der Waals surface area (Å²) >= 11 is 1.56. The Bertz CT molecular complexity index is 847. The predicted molar refractivity (Wildman–Crippen MR) is 110 cm³/mol. The second-order valence-electron chi connectivity index (χ2n) is 6.26. The van der Waals surface area contributed by atoms with Crippen molar-refractivity contribution < 1.29 is 28.3 Å². The Hall–Kier alpha value is -2.74. The van der Waals surface area contributed by atoms with Gasteiger partial charge in [0.05, 0.1) is 12.9 Å². The average molecular weight is 419 g/mol. The zero-order valence-corrected chi connectivity index (χ0v) is 17.5. The fourth-order valence-corrected chi connectivity index (χ4v) is 3.06. The van der Waals surface area contributed by atoms with Crippen molar-refractivity contribution >= 4 is 29.6 Å². The number of hydrogen-bond donors (Lipinski definition) is 1. The normalized spacial score (nSPS) is 11.6. The van der Waals surface area contributed by atoms with Gasteiger partial charge in [0.25, 0.3) is 5.91 Å². The van der Waals surface area contributed by atoms with Crippen LogP contribution in [-0.2, 0) is 20.9 Å². The Balaban J connectivity index is 2.03. The Morgan fingerprint density at radius 2 is 2.00 bits per heavy atom. The van der Waals surface area contributed by atoms with Gasteiger partial charge in [-0.2, -0.15) is 11.8 Å². The monoisotopic (exact) mass is 419 g/mol. The van der Waals surface area contributed by atoms with Crippen LogP contribution in [-0.4, -0.2) is 42.5 Å². The number of benzene rings is 1. The van der Waals surface area contributed by atoms with Crippen LogP contribution in [0.5, 0.6) is 0 Å². The minimum absolute atomic E-state index is 0.199. The summed E-state index contributed by atoms with van der Waals surface area (Å²) in [4.78, 5) is 37.0. The van der Waals surface area contributed by atoms with Crippen molar-refractivity contribution in [1.82, 2.24) is 5.32 Å². The highest BCUT2D eigenvalue weighted by molar-refractivity contribution is 7.98. The maximum atomic E-state index is 12.6. The summed E-state index contributed by atoms with van der Waals surface area (Å²) < 4.78 is 15.5. The van der Waals surface area contributed by atoms with E-state index in [1.54, 1.807) is 36.9 Å². The summed E-state index contributed by atoms with van der Waals surface area (Å²) in [5.41, 5.74) is 1.64. The molecule has 0 aliphatic rings. The molecule has 1 atom stereocenters. The number of aryl methyl sites for hydroxylation is 1. The van der Waals surface area contributed by atoms with Crippen LogP contribution in [0.1, 0.15) is 45.4 Å². The van der Waals surface area contributed by atoms with Crippen LogP contribution in [0.2, 0.25) is 0 Å². The Labute approximate surface area is 174 Å². The molecule has 1 heterocycles. The van der Waals surface area contributed by atoms with Crippen molar-refractivity contribution in [3.63, 3.8) is 0 Å². The van der Waals surface area contributed by atoms with Crippen LogP contribution < -0.4 is 5.32 Å². The summed E-state index contributed by atoms with van der Waals surface area (Å²) in [5, 5.41) is 2.73. The van der Waals surface area contributed by atoms with Gasteiger partial charge in [0.2, 0.25) is 0 Å². The van der Waals surface area contributed by atoms with Crippen LogP contribution in [0.4, 0.5) is 0 Å². The molecule has 1 aromatic heterocycles. The number of furan rings is 1. The first kappa shape index (κ1) is 22.5. The van der Waals surface area contributed by atoms with E-state index >= 15 is 0 Å². The smallest absolute Gasteiger partial charge is 0.341 e. The number of nitrogens with one attached hydrogen (secondary N) is 1. The van der Waals surface area contributed by atoms with Gasteiger partial charge in [-0.3, -0.25) is 4.79 Å². The Kier molecular flexibility index (Phi) is 8.79. The standard InChI is InChI=1S/C21H25NO6S/c1-4-26-20(24)16-8-10-27-18(16)13-28-21(25)17(9-11-29-3)22-19(23)15-7-5-6-14(2)12-15/h5-8,10,12,17H,4,9,11,13H2,1-3H3,(H,22,23). The third-order valence-electron chi connectivity index (χ3n) is 4.07. The Morgan fingerprint density at radius 3 is 2.69 bits per heavy atom. The molecule has 1 N–H and O–H groups in total. The number of amides is 1. The molecule has 1 amide bonds. The van der Waals surface area contributed by atoms with Gasteiger partial charge in [-0.1, -0.05) is 17.7 Å². The third-order valence-corrected chi connectivity index (χ3v) is 4.71. The first-order valence-electron chi connectivity index (χ1n) is 9.22. The highest BCUT2D eigenvalue weighted by Crippen LogP contribution is 2.15. The van der Waals surface area contributed by atoms with Crippen LogP contribution in [0.3, 0.4) is 0 Å². The summed E-state index contributed by atoms with van der Waals surface area (Å²) in [6.07, 6.45) is 3.67. The van der Waals surface area contributed by atoms with Gasteiger partial charge in [-0.25, -0.2) is 9.59 Å². The number of thioether (sulfide) groups is 1. The molecule has 0 aliphatic heterocycles. The van der Waals surface area contributed by atoms with Crippen LogP contribution in [0.15, 0.2) is 41.0 Å². The molecule has 0 spiro atoms. The minimum Gasteiger partial charge on any atom is -0.465 e. The number of rotatable bonds is 10. The lowest BCUT2D eigenvalue weighted by molar-refractivity contribution is -0.147. The molecule has 0 aliphatic carbocycles. The zero-order valence-electron chi connectivity index (χ0n) is 16.7. The molecule has 8 heteroatoms. The number of carbonyl (C=O) groups excluding carboxylic acids is 3. The molecule has 7 nitrogen and oxygen atoms in total. The molecule has 0 radical (unpaired) electrons. The van der Waals surface area contributed by atoms with E-state index < -0.39 is 18.0 Å². The van der Waals surface area contributed by atoms with E-state index in [-0.39, 0.29) is 30.4 Å². The first-order valence-corrected chi connectivity index (χ1v) is 10.6. The van der Waals surface area contributed by atoms with Gasteiger partial charge >= 0.3 is 11.9 Å². The van der Waals surface area contributed by atoms with Crippen molar-refractivity contribution in [1.29, 1.82) is 0 Å². The highest BCUT2D eigenvalue weighted by atomic mass is 32.2. The van der Waals surface area contributed by atoms with E-state index in [2.05, 4.69) is 5.32 Å². The number of hydrogen-bond acceptors (Lipinski definition) is 7. The lowest BCUT2D eigenvalue weighted by atomic mass is 10.1. The molecule has 0 saturated heterocycles. The van der Waals surface area contributed by atoms with E-state index in [9.17, 15) is 14.4 Å². The van der Waals surface area contributed by atoms with Gasteiger partial charge in [0, 0.05) is 5.56 Å². The predicted octanol–water partition coefficient (Wildman–Crippen LogP) is 3.36. The number of esters is 2. The molecule has 2 rings (SSSR count). The van der Waals surface area contributed by atoms with Crippen LogP contribution in [0.25, 0.3) is 0 Å². The largest absolute Gasteiger partial charge is 0.465 e. The second kappa shape index (κ2) is 11.3. The van der Waals surface area contributed by atoms with Crippen molar-refractivity contribution in [2.24, 2.45) is 0 Å². The molecular formula is C21H25NO6S. The molecule has 1 aromatic carbocycles. The number of ether oxygens (including phenoxy) is 2. The minimum atomic E-state index is -0.809. The third kappa shape index (κ3) is 6.67. The summed E-state index contributed by atoms with van der Waals surface area (Å²) in [7, 11) is 0. The highest BCUT2D eigenvalue weighted by Gasteiger charge is 2.24. The van der Waals surface area contributed by atoms with Crippen molar-refractivity contribution in [2.45, 2.75) is 32.9 Å². The Morgan fingerprint density at radius 1 is 1.21 bits per heavy atom. The maximum Gasteiger partial charge on any atom is 0.341 e. The molecule has 29 heavy (non-hydrogen) atoms. The number of carbonyl (C=O) groups is 3. The summed E-state index contributed by atoms with van der Waals surface area (Å²) in [6, 6.07) is 7.77. The van der Waals surface area contributed by atoms with Gasteiger partial charge < -0.3 is 19.2 Å². The molecule has 0 fully saturated rings. The van der Waals surface area contributed by atoms with Gasteiger partial charge in [0.15, 0.2) is 5.76 Å². The first-order chi connectivity index (χ1) is 14.0. The molecule has 1 unspecified atom stereocenters. The summed E-state index contributed by atoms with van der Waals surface area (Å²) in [5.74, 6) is -0.611. The maximum absolute atomic E-state index is 12.6. The van der Waals surface area contributed by atoms with Gasteiger partial charge in [0.1, 0.15) is 18.2 Å². The van der Waals surface area contributed by atoms with E-state index in [0.717, 1.165) is 5.56 Å². The fourth-order valence-electron chi connectivity index (χ4n) is 2.59. The van der Waals surface area contributed by atoms with Crippen molar-refractivity contribution in [2.75, 3.05) is 18.6 Å². The van der Waals surface area contributed by atoms with Crippen LogP contribution >= 0.6 is 11.8 Å². The molecule has 156 valence electrons. The fraction of sp³-hybridized carbons (Fsp3) is 0.381. The van der Waals surface area contributed by atoms with Crippen molar-refractivity contribution in [3.05, 3.63) is 59.0 Å². The average Bonchev–Trinajstić information content (AvgIpc) is 3.18. The van der Waals surface area contributed by atoms with E-state index in [1.165, 1.54) is 12.3 Å².